The second kappa shape index (κ2) is 8.27. The van der Waals surface area contributed by atoms with Gasteiger partial charge in [0.2, 0.25) is 0 Å². The van der Waals surface area contributed by atoms with Crippen LogP contribution in [0.4, 0.5) is 0 Å². The molecule has 0 aromatic heterocycles. The molecule has 6 nitrogen and oxygen atoms in total. The Balaban J connectivity index is 0.000000321. The molecule has 0 amide bonds. The molecule has 18 heavy (non-hydrogen) atoms. The molecule has 2 atom stereocenters. The number of hydrogen-bond donors (Lipinski definition) is 0. The third-order valence-electron chi connectivity index (χ3n) is 2.32. The molecule has 1 saturated heterocycles. The van der Waals surface area contributed by atoms with Crippen LogP contribution in [0.3, 0.4) is 0 Å². The summed E-state index contributed by atoms with van der Waals surface area (Å²) in [6.45, 7) is 6.84. The monoisotopic (exact) mass is 258 g/mol. The fourth-order valence-corrected chi connectivity index (χ4v) is 0.889. The Bertz CT molecular complexity index is 315. The maximum atomic E-state index is 10.6. The van der Waals surface area contributed by atoms with Gasteiger partial charge in [-0.1, -0.05) is 20.8 Å². The molecule has 1 aliphatic heterocycles. The van der Waals surface area contributed by atoms with E-state index in [-0.39, 0.29) is 17.8 Å². The number of hydrogen-bond acceptors (Lipinski definition) is 6. The minimum atomic E-state index is -0.396. The number of ether oxygens (including phenoxy) is 1. The molecule has 1 fully saturated rings. The van der Waals surface area contributed by atoms with Crippen molar-refractivity contribution in [2.75, 3.05) is 0 Å². The third kappa shape index (κ3) is 5.47. The van der Waals surface area contributed by atoms with Crippen molar-refractivity contribution in [3.8, 4) is 0 Å². The third-order valence-corrected chi connectivity index (χ3v) is 2.32. The van der Waals surface area contributed by atoms with Crippen molar-refractivity contribution < 1.29 is 28.9 Å². The second-order valence-electron chi connectivity index (χ2n) is 3.69. The molecular formula is C12H18O6. The molecule has 1 aliphatic rings. The van der Waals surface area contributed by atoms with Crippen LogP contribution in [-0.2, 0) is 28.9 Å². The maximum absolute atomic E-state index is 10.6. The molecule has 1 rings (SSSR count). The van der Waals surface area contributed by atoms with Gasteiger partial charge in [-0.2, -0.15) is 0 Å². The Morgan fingerprint density at radius 1 is 1.28 bits per heavy atom. The van der Waals surface area contributed by atoms with E-state index in [4.69, 9.17) is 0 Å². The lowest BCUT2D eigenvalue weighted by Crippen LogP contribution is -2.09. The lowest BCUT2D eigenvalue weighted by atomic mass is 10.00. The van der Waals surface area contributed by atoms with Crippen molar-refractivity contribution in [1.82, 2.24) is 0 Å². The van der Waals surface area contributed by atoms with Crippen molar-refractivity contribution in [1.29, 1.82) is 0 Å². The molecule has 0 N–H and O–H groups in total. The molecule has 0 aliphatic carbocycles. The highest BCUT2D eigenvalue weighted by Gasteiger charge is 2.37. The van der Waals surface area contributed by atoms with Crippen LogP contribution < -0.4 is 0 Å². The molecule has 0 aromatic carbocycles. The van der Waals surface area contributed by atoms with Crippen LogP contribution in [0.1, 0.15) is 34.1 Å². The summed E-state index contributed by atoms with van der Waals surface area (Å²) < 4.78 is 4.31. The highest BCUT2D eigenvalue weighted by atomic mass is 17.2. The van der Waals surface area contributed by atoms with E-state index in [9.17, 15) is 14.4 Å². The normalized spacial score (nSPS) is 22.2. The molecule has 6 heteroatoms. The summed E-state index contributed by atoms with van der Waals surface area (Å²) in [4.78, 5) is 39.9. The molecule has 2 unspecified atom stereocenters. The molecule has 0 aromatic rings. The number of rotatable bonds is 3. The van der Waals surface area contributed by atoms with Gasteiger partial charge in [0.15, 0.2) is 0 Å². The van der Waals surface area contributed by atoms with Gasteiger partial charge in [-0.3, -0.25) is 19.4 Å². The lowest BCUT2D eigenvalue weighted by Gasteiger charge is -1.96. The minimum absolute atomic E-state index is 0.252. The zero-order valence-electron chi connectivity index (χ0n) is 11.0. The Kier molecular flexibility index (Phi) is 7.42. The zero-order valence-corrected chi connectivity index (χ0v) is 11.0. The van der Waals surface area contributed by atoms with Crippen molar-refractivity contribution in [3.63, 3.8) is 0 Å². The van der Waals surface area contributed by atoms with E-state index in [0.717, 1.165) is 0 Å². The van der Waals surface area contributed by atoms with Gasteiger partial charge in [-0.25, -0.2) is 4.79 Å². The summed E-state index contributed by atoms with van der Waals surface area (Å²) in [5, 5.41) is 0. The lowest BCUT2D eigenvalue weighted by molar-refractivity contribution is -0.238. The highest BCUT2D eigenvalue weighted by molar-refractivity contribution is 5.95. The van der Waals surface area contributed by atoms with Gasteiger partial charge >= 0.3 is 17.9 Å². The fourth-order valence-electron chi connectivity index (χ4n) is 0.889. The summed E-state index contributed by atoms with van der Waals surface area (Å²) in [6, 6.07) is 0. The average molecular weight is 258 g/mol. The average Bonchev–Trinajstić information content (AvgIpc) is 2.57. The number of carbonyl (C=O) groups excluding carboxylic acids is 3. The number of allylic oxidation sites excluding steroid dienone is 1. The van der Waals surface area contributed by atoms with Crippen LogP contribution in [0.15, 0.2) is 12.3 Å². The summed E-state index contributed by atoms with van der Waals surface area (Å²) in [5.74, 6) is -1.66. The van der Waals surface area contributed by atoms with Crippen LogP contribution in [0.2, 0.25) is 0 Å². The molecule has 0 radical (unpaired) electrons. The molecule has 0 bridgehead atoms. The topological polar surface area (TPSA) is 78.9 Å². The summed E-state index contributed by atoms with van der Waals surface area (Å²) in [5.41, 5.74) is 0. The van der Waals surface area contributed by atoms with Gasteiger partial charge in [0, 0.05) is 6.42 Å². The van der Waals surface area contributed by atoms with Crippen molar-refractivity contribution in [2.45, 2.75) is 34.1 Å². The van der Waals surface area contributed by atoms with E-state index in [2.05, 4.69) is 14.5 Å². The Labute approximate surface area is 106 Å². The first-order chi connectivity index (χ1) is 8.43. The van der Waals surface area contributed by atoms with Gasteiger partial charge < -0.3 is 4.74 Å². The van der Waals surface area contributed by atoms with Gasteiger partial charge in [0.05, 0.1) is 11.8 Å². The second-order valence-corrected chi connectivity index (χ2v) is 3.69. The quantitative estimate of drug-likeness (QED) is 0.252. The van der Waals surface area contributed by atoms with E-state index in [0.29, 0.717) is 6.42 Å². The predicted molar refractivity (Wildman–Crippen MR) is 61.7 cm³/mol. The summed E-state index contributed by atoms with van der Waals surface area (Å²) in [6.07, 6.45) is 3.26. The summed E-state index contributed by atoms with van der Waals surface area (Å²) >= 11 is 0. The molecule has 1 heterocycles. The number of cyclic esters (lactones) is 2. The molecule has 0 spiro atoms. The highest BCUT2D eigenvalue weighted by Crippen LogP contribution is 2.21. The van der Waals surface area contributed by atoms with Crippen LogP contribution >= 0.6 is 0 Å². The van der Waals surface area contributed by atoms with Gasteiger partial charge in [-0.05, 0) is 13.0 Å². The van der Waals surface area contributed by atoms with Crippen LogP contribution in [0.25, 0.3) is 0 Å². The largest absolute Gasteiger partial charge is 0.393 e. The van der Waals surface area contributed by atoms with Crippen molar-refractivity contribution in [3.05, 3.63) is 12.3 Å². The van der Waals surface area contributed by atoms with Gasteiger partial charge in [-0.15, -0.1) is 0 Å². The van der Waals surface area contributed by atoms with E-state index in [1.807, 2.05) is 0 Å². The molecule has 102 valence electrons. The van der Waals surface area contributed by atoms with Crippen molar-refractivity contribution in [2.24, 2.45) is 11.8 Å². The Morgan fingerprint density at radius 3 is 2.06 bits per heavy atom. The van der Waals surface area contributed by atoms with E-state index in [1.54, 1.807) is 33.8 Å². The first kappa shape index (κ1) is 16.1. The van der Waals surface area contributed by atoms with Crippen molar-refractivity contribution >= 4 is 17.9 Å². The van der Waals surface area contributed by atoms with Crippen LogP contribution in [-0.4, -0.2) is 17.9 Å². The number of esters is 2. The van der Waals surface area contributed by atoms with Gasteiger partial charge in [0.1, 0.15) is 6.26 Å². The first-order valence-electron chi connectivity index (χ1n) is 5.66. The maximum Gasteiger partial charge on any atom is 0.355 e. The SMILES string of the molecule is C/C=C\OOC(=O)CC.CC1C(=O)OC(=O)C1C. The van der Waals surface area contributed by atoms with Crippen LogP contribution in [0.5, 0.6) is 0 Å². The molecular weight excluding hydrogens is 240 g/mol. The standard InChI is InChI=1S/C6H8O3.C6H10O3/c1-3-4(2)6(8)9-5(3)7;1-3-5-8-9-6(7)4-2/h3-4H,1-2H3;3,5H,4H2,1-2H3/b;5-3-. The Hall–Kier alpha value is -1.85. The smallest absolute Gasteiger partial charge is 0.355 e. The van der Waals surface area contributed by atoms with Crippen LogP contribution in [0, 0.1) is 11.8 Å². The fraction of sp³-hybridized carbons (Fsp3) is 0.583. The first-order valence-corrected chi connectivity index (χ1v) is 5.66. The zero-order chi connectivity index (χ0) is 14.1. The number of carbonyl (C=O) groups is 3. The minimum Gasteiger partial charge on any atom is -0.393 e. The van der Waals surface area contributed by atoms with E-state index >= 15 is 0 Å². The Morgan fingerprint density at radius 2 is 1.78 bits per heavy atom. The van der Waals surface area contributed by atoms with E-state index in [1.165, 1.54) is 6.26 Å². The molecule has 0 saturated carbocycles. The van der Waals surface area contributed by atoms with Gasteiger partial charge in [0.25, 0.3) is 0 Å². The predicted octanol–water partition coefficient (Wildman–Crippen LogP) is 1.75. The van der Waals surface area contributed by atoms with E-state index < -0.39 is 11.9 Å². The summed E-state index contributed by atoms with van der Waals surface area (Å²) in [7, 11) is 0.